The molecule has 0 bridgehead atoms. The molecule has 15 heavy (non-hydrogen) atoms. The molecule has 0 aromatic carbocycles. The molecule has 1 heterocycles. The minimum absolute atomic E-state index is 0.0221. The summed E-state index contributed by atoms with van der Waals surface area (Å²) in [5, 5.41) is 9.02. The number of amides is 1. The van der Waals surface area contributed by atoms with E-state index in [2.05, 4.69) is 15.5 Å². The molecule has 5 nitrogen and oxygen atoms in total. The summed E-state index contributed by atoms with van der Waals surface area (Å²) in [7, 11) is 1.63. The van der Waals surface area contributed by atoms with Gasteiger partial charge in [-0.2, -0.15) is 5.10 Å². The maximum atomic E-state index is 11.4. The second-order valence-electron chi connectivity index (χ2n) is 3.76. The summed E-state index contributed by atoms with van der Waals surface area (Å²) in [6.07, 6.45) is 2.17. The van der Waals surface area contributed by atoms with Gasteiger partial charge in [0.2, 0.25) is 5.91 Å². The highest BCUT2D eigenvalue weighted by atomic mass is 16.1. The first-order chi connectivity index (χ1) is 7.20. The van der Waals surface area contributed by atoms with Crippen molar-refractivity contribution in [2.24, 2.45) is 5.92 Å². The summed E-state index contributed by atoms with van der Waals surface area (Å²) in [6.45, 7) is 0. The Morgan fingerprint density at radius 2 is 2.47 bits per heavy atom. The van der Waals surface area contributed by atoms with Gasteiger partial charge in [-0.1, -0.05) is 0 Å². The molecule has 0 saturated carbocycles. The first-order valence-electron chi connectivity index (χ1n) is 5.00. The third-order valence-corrected chi connectivity index (χ3v) is 2.79. The monoisotopic (exact) mass is 207 g/mol. The van der Waals surface area contributed by atoms with Crippen LogP contribution < -0.4 is 10.9 Å². The summed E-state index contributed by atoms with van der Waals surface area (Å²) < 4.78 is 0. The van der Waals surface area contributed by atoms with Crippen molar-refractivity contribution in [3.05, 3.63) is 27.7 Å². The van der Waals surface area contributed by atoms with E-state index in [1.54, 1.807) is 7.05 Å². The Morgan fingerprint density at radius 3 is 3.20 bits per heavy atom. The van der Waals surface area contributed by atoms with Crippen LogP contribution in [-0.2, 0) is 17.6 Å². The smallest absolute Gasteiger partial charge is 0.264 e. The van der Waals surface area contributed by atoms with Crippen LogP contribution in [0.4, 0.5) is 0 Å². The van der Waals surface area contributed by atoms with E-state index in [4.69, 9.17) is 0 Å². The van der Waals surface area contributed by atoms with E-state index in [1.165, 1.54) is 6.07 Å². The molecule has 0 aliphatic heterocycles. The van der Waals surface area contributed by atoms with E-state index in [0.29, 0.717) is 6.42 Å². The van der Waals surface area contributed by atoms with Crippen molar-refractivity contribution in [3.8, 4) is 0 Å². The molecule has 0 saturated heterocycles. The molecule has 1 unspecified atom stereocenters. The third-order valence-electron chi connectivity index (χ3n) is 2.79. The molecule has 1 atom stereocenters. The van der Waals surface area contributed by atoms with Gasteiger partial charge < -0.3 is 5.32 Å². The molecule has 2 rings (SSSR count). The minimum Gasteiger partial charge on any atom is -0.359 e. The Bertz CT molecular complexity index is 439. The van der Waals surface area contributed by atoms with Gasteiger partial charge in [-0.25, -0.2) is 5.10 Å². The van der Waals surface area contributed by atoms with Crippen LogP contribution in [-0.4, -0.2) is 23.2 Å². The lowest BCUT2D eigenvalue weighted by Gasteiger charge is -2.21. The largest absolute Gasteiger partial charge is 0.359 e. The molecule has 0 radical (unpaired) electrons. The predicted octanol–water partition coefficient (Wildman–Crippen LogP) is -0.379. The highest BCUT2D eigenvalue weighted by Crippen LogP contribution is 2.22. The Morgan fingerprint density at radius 1 is 1.67 bits per heavy atom. The number of hydrogen-bond donors (Lipinski definition) is 2. The van der Waals surface area contributed by atoms with Crippen LogP contribution >= 0.6 is 0 Å². The van der Waals surface area contributed by atoms with Gasteiger partial charge in [0.25, 0.3) is 5.56 Å². The van der Waals surface area contributed by atoms with Gasteiger partial charge in [-0.3, -0.25) is 9.59 Å². The fraction of sp³-hybridized carbons (Fsp3) is 0.500. The number of rotatable bonds is 1. The Labute approximate surface area is 86.9 Å². The van der Waals surface area contributed by atoms with Gasteiger partial charge in [-0.15, -0.1) is 0 Å². The average molecular weight is 207 g/mol. The zero-order valence-corrected chi connectivity index (χ0v) is 8.54. The second kappa shape index (κ2) is 3.84. The number of carbonyl (C=O) groups is 1. The SMILES string of the molecule is CNC(=O)C1CCc2n[nH]c(=O)cc2C1. The molecule has 1 aliphatic carbocycles. The quantitative estimate of drug-likeness (QED) is 0.659. The minimum atomic E-state index is -0.202. The molecule has 2 N–H and O–H groups in total. The number of nitrogens with zero attached hydrogens (tertiary/aromatic N) is 1. The van der Waals surface area contributed by atoms with Crippen LogP contribution in [0.1, 0.15) is 17.7 Å². The molecule has 1 aromatic heterocycles. The van der Waals surface area contributed by atoms with Gasteiger partial charge >= 0.3 is 0 Å². The maximum Gasteiger partial charge on any atom is 0.264 e. The molecule has 1 aliphatic rings. The molecular formula is C10H13N3O2. The number of aromatic nitrogens is 2. The first-order valence-corrected chi connectivity index (χ1v) is 5.00. The Kier molecular flexibility index (Phi) is 2.53. The summed E-state index contributed by atoms with van der Waals surface area (Å²) in [6, 6.07) is 1.54. The van der Waals surface area contributed by atoms with Crippen molar-refractivity contribution in [2.45, 2.75) is 19.3 Å². The highest BCUT2D eigenvalue weighted by molar-refractivity contribution is 5.78. The maximum absolute atomic E-state index is 11.4. The number of aromatic amines is 1. The fourth-order valence-corrected chi connectivity index (χ4v) is 1.97. The van der Waals surface area contributed by atoms with E-state index < -0.39 is 0 Å². The van der Waals surface area contributed by atoms with Crippen molar-refractivity contribution in [3.63, 3.8) is 0 Å². The lowest BCUT2D eigenvalue weighted by molar-refractivity contribution is -0.124. The molecule has 0 spiro atoms. The standard InChI is InChI=1S/C10H13N3O2/c1-11-10(15)6-2-3-8-7(4-6)5-9(14)13-12-8/h5-6H,2-4H2,1H3,(H,11,15)(H,13,14). The van der Waals surface area contributed by atoms with Gasteiger partial charge in [0.05, 0.1) is 5.69 Å². The number of H-pyrrole nitrogens is 1. The van der Waals surface area contributed by atoms with Crippen molar-refractivity contribution in [1.29, 1.82) is 0 Å². The topological polar surface area (TPSA) is 74.8 Å². The van der Waals surface area contributed by atoms with Gasteiger partial charge in [-0.05, 0) is 24.8 Å². The van der Waals surface area contributed by atoms with E-state index in [0.717, 1.165) is 24.1 Å². The summed E-state index contributed by atoms with van der Waals surface area (Å²) >= 11 is 0. The Hall–Kier alpha value is -1.65. The number of fused-ring (bicyclic) bond motifs is 1. The third kappa shape index (κ3) is 1.91. The highest BCUT2D eigenvalue weighted by Gasteiger charge is 2.24. The van der Waals surface area contributed by atoms with Crippen molar-refractivity contribution in [1.82, 2.24) is 15.5 Å². The summed E-state index contributed by atoms with van der Waals surface area (Å²) in [5.74, 6) is 0.0204. The predicted molar refractivity (Wildman–Crippen MR) is 54.4 cm³/mol. The van der Waals surface area contributed by atoms with Crippen LogP contribution in [0, 0.1) is 5.92 Å². The molecule has 5 heteroatoms. The van der Waals surface area contributed by atoms with E-state index in [9.17, 15) is 9.59 Å². The van der Waals surface area contributed by atoms with Crippen LogP contribution in [0.2, 0.25) is 0 Å². The normalized spacial score (nSPS) is 19.4. The Balaban J connectivity index is 2.25. The lowest BCUT2D eigenvalue weighted by atomic mass is 9.86. The number of hydrogen-bond acceptors (Lipinski definition) is 3. The van der Waals surface area contributed by atoms with Gasteiger partial charge in [0.1, 0.15) is 0 Å². The van der Waals surface area contributed by atoms with Crippen LogP contribution in [0.25, 0.3) is 0 Å². The lowest BCUT2D eigenvalue weighted by Crippen LogP contribution is -2.32. The molecule has 80 valence electrons. The number of nitrogens with one attached hydrogen (secondary N) is 2. The number of carbonyl (C=O) groups excluding carboxylic acids is 1. The van der Waals surface area contributed by atoms with Crippen molar-refractivity contribution >= 4 is 5.91 Å². The first kappa shape index (κ1) is 9.89. The van der Waals surface area contributed by atoms with Crippen LogP contribution in [0.15, 0.2) is 10.9 Å². The van der Waals surface area contributed by atoms with E-state index in [-0.39, 0.29) is 17.4 Å². The van der Waals surface area contributed by atoms with Crippen molar-refractivity contribution < 1.29 is 4.79 Å². The number of aryl methyl sites for hydroxylation is 1. The molecule has 1 amide bonds. The van der Waals surface area contributed by atoms with Gasteiger partial charge in [0.15, 0.2) is 0 Å². The van der Waals surface area contributed by atoms with Crippen LogP contribution in [0.3, 0.4) is 0 Å². The van der Waals surface area contributed by atoms with Crippen molar-refractivity contribution in [2.75, 3.05) is 7.05 Å². The average Bonchev–Trinajstić information content (AvgIpc) is 2.27. The second-order valence-corrected chi connectivity index (χ2v) is 3.76. The van der Waals surface area contributed by atoms with E-state index >= 15 is 0 Å². The van der Waals surface area contributed by atoms with Crippen LogP contribution in [0.5, 0.6) is 0 Å². The fourth-order valence-electron chi connectivity index (χ4n) is 1.97. The van der Waals surface area contributed by atoms with Gasteiger partial charge in [0, 0.05) is 19.0 Å². The zero-order chi connectivity index (χ0) is 10.8. The molecular weight excluding hydrogens is 194 g/mol. The molecule has 0 fully saturated rings. The summed E-state index contributed by atoms with van der Waals surface area (Å²) in [4.78, 5) is 22.5. The van der Waals surface area contributed by atoms with E-state index in [1.807, 2.05) is 0 Å². The zero-order valence-electron chi connectivity index (χ0n) is 8.54. The molecule has 1 aromatic rings. The summed E-state index contributed by atoms with van der Waals surface area (Å²) in [5.41, 5.74) is 1.61.